The molecule has 0 fully saturated rings. The molecule has 0 saturated heterocycles. The van der Waals surface area contributed by atoms with Crippen molar-refractivity contribution < 1.29 is 0 Å². The molecule has 1 aromatic rings. The van der Waals surface area contributed by atoms with Gasteiger partial charge in [0.25, 0.3) is 0 Å². The van der Waals surface area contributed by atoms with Crippen molar-refractivity contribution in [3.05, 3.63) is 30.1 Å². The second kappa shape index (κ2) is 4.88. The molecule has 0 aliphatic heterocycles. The molecule has 0 spiro atoms. The second-order valence-electron chi connectivity index (χ2n) is 3.16. The summed E-state index contributed by atoms with van der Waals surface area (Å²) in [6.07, 6.45) is 3.96. The van der Waals surface area contributed by atoms with Gasteiger partial charge >= 0.3 is 0 Å². The monoisotopic (exact) mass is 163 g/mol. The van der Waals surface area contributed by atoms with E-state index in [0.717, 1.165) is 18.7 Å². The third-order valence-corrected chi connectivity index (χ3v) is 1.72. The number of hydrogen-bond acceptors (Lipinski definition) is 2. The molecule has 1 heterocycles. The van der Waals surface area contributed by atoms with Crippen molar-refractivity contribution >= 4 is 0 Å². The van der Waals surface area contributed by atoms with E-state index in [4.69, 9.17) is 0 Å². The first-order valence-corrected chi connectivity index (χ1v) is 4.25. The van der Waals surface area contributed by atoms with Crippen LogP contribution in [0.3, 0.4) is 0 Å². The lowest BCUT2D eigenvalue weighted by atomic mass is 10.2. The van der Waals surface area contributed by atoms with Crippen molar-refractivity contribution in [3.8, 4) is 0 Å². The Hall–Kier alpha value is -0.890. The number of hydrogen-bond donors (Lipinski definition) is 0. The second-order valence-corrected chi connectivity index (χ2v) is 3.16. The molecule has 65 valence electrons. The third kappa shape index (κ3) is 3.49. The third-order valence-electron chi connectivity index (χ3n) is 1.72. The fourth-order valence-electron chi connectivity index (χ4n) is 1.07. The number of nitrogens with zero attached hydrogens (tertiary/aromatic N) is 2. The molecule has 0 N–H and O–H groups in total. The topological polar surface area (TPSA) is 16.1 Å². The quantitative estimate of drug-likeness (QED) is 0.666. The van der Waals surface area contributed by atoms with Crippen LogP contribution in [0.1, 0.15) is 12.1 Å². The predicted octanol–water partition coefficient (Wildman–Crippen LogP) is 1.38. The average Bonchev–Trinajstić information content (AvgIpc) is 2.05. The molecule has 1 radical (unpaired) electrons. The minimum absolute atomic E-state index is 1.06. The van der Waals surface area contributed by atoms with Crippen LogP contribution in [-0.2, 0) is 6.42 Å². The fourth-order valence-corrected chi connectivity index (χ4v) is 1.07. The predicted molar refractivity (Wildman–Crippen MR) is 49.9 cm³/mol. The van der Waals surface area contributed by atoms with E-state index < -0.39 is 0 Å². The molecule has 0 aliphatic rings. The Morgan fingerprint density at radius 2 is 2.33 bits per heavy atom. The molecule has 0 bridgehead atoms. The lowest BCUT2D eigenvalue weighted by Gasteiger charge is -2.07. The zero-order valence-corrected chi connectivity index (χ0v) is 7.75. The highest BCUT2D eigenvalue weighted by Crippen LogP contribution is 1.97. The van der Waals surface area contributed by atoms with Gasteiger partial charge in [-0.05, 0) is 39.5 Å². The molecule has 0 unspecified atom stereocenters. The molecule has 0 amide bonds. The number of pyridine rings is 1. The number of rotatable bonds is 4. The molecular weight excluding hydrogens is 148 g/mol. The molecule has 1 aromatic heterocycles. The highest BCUT2D eigenvalue weighted by atomic mass is 15.0. The van der Waals surface area contributed by atoms with Crippen molar-refractivity contribution in [2.75, 3.05) is 20.6 Å². The van der Waals surface area contributed by atoms with Gasteiger partial charge in [-0.3, -0.25) is 4.98 Å². The Labute approximate surface area is 74.2 Å². The SMILES string of the molecule is CN(C)CCCc1cc[c]cn1. The molecule has 2 nitrogen and oxygen atoms in total. The maximum Gasteiger partial charge on any atom is 0.0404 e. The molecule has 12 heavy (non-hydrogen) atoms. The normalized spacial score (nSPS) is 10.6. The van der Waals surface area contributed by atoms with E-state index in [1.54, 1.807) is 6.20 Å². The van der Waals surface area contributed by atoms with E-state index in [2.05, 4.69) is 30.0 Å². The molecule has 1 rings (SSSR count). The summed E-state index contributed by atoms with van der Waals surface area (Å²) in [4.78, 5) is 6.39. The van der Waals surface area contributed by atoms with Crippen LogP contribution in [0.25, 0.3) is 0 Å². The highest BCUT2D eigenvalue weighted by Gasteiger charge is 1.93. The lowest BCUT2D eigenvalue weighted by molar-refractivity contribution is 0.399. The van der Waals surface area contributed by atoms with E-state index in [1.807, 2.05) is 12.1 Å². The maximum absolute atomic E-state index is 4.20. The van der Waals surface area contributed by atoms with Gasteiger partial charge in [-0.2, -0.15) is 0 Å². The van der Waals surface area contributed by atoms with Gasteiger partial charge in [0.1, 0.15) is 0 Å². The summed E-state index contributed by atoms with van der Waals surface area (Å²) in [5.74, 6) is 0. The smallest absolute Gasteiger partial charge is 0.0404 e. The molecule has 0 aliphatic carbocycles. The van der Waals surface area contributed by atoms with Crippen LogP contribution in [-0.4, -0.2) is 30.5 Å². The van der Waals surface area contributed by atoms with E-state index in [9.17, 15) is 0 Å². The Balaban J connectivity index is 2.25. The van der Waals surface area contributed by atoms with Gasteiger partial charge in [-0.25, -0.2) is 0 Å². The maximum atomic E-state index is 4.20. The first-order chi connectivity index (χ1) is 5.79. The van der Waals surface area contributed by atoms with Gasteiger partial charge in [0, 0.05) is 18.0 Å². The largest absolute Gasteiger partial charge is 0.309 e. The minimum atomic E-state index is 1.06. The van der Waals surface area contributed by atoms with Crippen molar-refractivity contribution in [2.24, 2.45) is 0 Å². The Morgan fingerprint density at radius 3 is 2.92 bits per heavy atom. The Morgan fingerprint density at radius 1 is 1.50 bits per heavy atom. The summed E-state index contributed by atoms with van der Waals surface area (Å²) < 4.78 is 0. The zero-order chi connectivity index (χ0) is 8.81. The van der Waals surface area contributed by atoms with Crippen LogP contribution in [0.4, 0.5) is 0 Å². The van der Waals surface area contributed by atoms with E-state index in [0.29, 0.717) is 0 Å². The molecular formula is C10H15N2. The van der Waals surface area contributed by atoms with Gasteiger partial charge in [-0.15, -0.1) is 0 Å². The average molecular weight is 163 g/mol. The van der Waals surface area contributed by atoms with Crippen LogP contribution >= 0.6 is 0 Å². The van der Waals surface area contributed by atoms with Gasteiger partial charge in [0.05, 0.1) is 0 Å². The lowest BCUT2D eigenvalue weighted by Crippen LogP contribution is -2.13. The molecule has 2 heteroatoms. The van der Waals surface area contributed by atoms with Crippen LogP contribution in [0.15, 0.2) is 18.3 Å². The van der Waals surface area contributed by atoms with Crippen molar-refractivity contribution in [3.63, 3.8) is 0 Å². The molecule has 0 aromatic carbocycles. The van der Waals surface area contributed by atoms with Crippen LogP contribution in [0.5, 0.6) is 0 Å². The Kier molecular flexibility index (Phi) is 3.74. The highest BCUT2D eigenvalue weighted by molar-refractivity contribution is 5.02. The summed E-state index contributed by atoms with van der Waals surface area (Å²) >= 11 is 0. The zero-order valence-electron chi connectivity index (χ0n) is 7.75. The summed E-state index contributed by atoms with van der Waals surface area (Å²) in [5, 5.41) is 0. The fraction of sp³-hybridized carbons (Fsp3) is 0.500. The summed E-state index contributed by atoms with van der Waals surface area (Å²) in [7, 11) is 4.18. The summed E-state index contributed by atoms with van der Waals surface area (Å²) in [5.41, 5.74) is 1.16. The minimum Gasteiger partial charge on any atom is -0.309 e. The van der Waals surface area contributed by atoms with E-state index in [1.165, 1.54) is 6.42 Å². The standard InChI is InChI=1S/C10H15N2/c1-12(2)9-5-7-10-6-3-4-8-11-10/h3,6,8H,5,7,9H2,1-2H3. The van der Waals surface area contributed by atoms with Crippen LogP contribution in [0.2, 0.25) is 0 Å². The number of aryl methyl sites for hydroxylation is 1. The van der Waals surface area contributed by atoms with Gasteiger partial charge in [0.15, 0.2) is 0 Å². The van der Waals surface area contributed by atoms with Crippen molar-refractivity contribution in [1.82, 2.24) is 9.88 Å². The molecule has 0 atom stereocenters. The first kappa shape index (κ1) is 9.20. The van der Waals surface area contributed by atoms with Crippen LogP contribution < -0.4 is 0 Å². The van der Waals surface area contributed by atoms with Gasteiger partial charge < -0.3 is 4.90 Å². The van der Waals surface area contributed by atoms with Crippen molar-refractivity contribution in [2.45, 2.75) is 12.8 Å². The van der Waals surface area contributed by atoms with E-state index >= 15 is 0 Å². The van der Waals surface area contributed by atoms with Crippen LogP contribution in [0, 0.1) is 6.07 Å². The first-order valence-electron chi connectivity index (χ1n) is 4.25. The summed E-state index contributed by atoms with van der Waals surface area (Å²) in [6.45, 7) is 1.13. The molecule has 0 saturated carbocycles. The summed E-state index contributed by atoms with van der Waals surface area (Å²) in [6, 6.07) is 6.85. The van der Waals surface area contributed by atoms with Gasteiger partial charge in [-0.1, -0.05) is 6.07 Å². The Bertz CT molecular complexity index is 206. The van der Waals surface area contributed by atoms with E-state index in [-0.39, 0.29) is 0 Å². The number of aromatic nitrogens is 1. The van der Waals surface area contributed by atoms with Crippen molar-refractivity contribution in [1.29, 1.82) is 0 Å². The van der Waals surface area contributed by atoms with Gasteiger partial charge in [0.2, 0.25) is 0 Å².